The van der Waals surface area contributed by atoms with Gasteiger partial charge >= 0.3 is 0 Å². The summed E-state index contributed by atoms with van der Waals surface area (Å²) in [7, 11) is 0. The first kappa shape index (κ1) is 18.8. The summed E-state index contributed by atoms with van der Waals surface area (Å²) < 4.78 is 0. The fourth-order valence-corrected chi connectivity index (χ4v) is 6.73. The Morgan fingerprint density at radius 3 is 1.46 bits per heavy atom. The van der Waals surface area contributed by atoms with Crippen molar-refractivity contribution in [3.63, 3.8) is 0 Å². The maximum Gasteiger partial charge on any atom is -0.0383 e. The van der Waals surface area contributed by atoms with Crippen LogP contribution in [0.15, 0.2) is 0 Å². The van der Waals surface area contributed by atoms with Gasteiger partial charge in [-0.1, -0.05) is 104 Å². The molecule has 0 saturated heterocycles. The van der Waals surface area contributed by atoms with Crippen LogP contribution in [0.1, 0.15) is 117 Å². The Morgan fingerprint density at radius 2 is 0.917 bits per heavy atom. The van der Waals surface area contributed by atoms with Gasteiger partial charge in [-0.05, 0) is 48.3 Å². The second-order valence-electron chi connectivity index (χ2n) is 9.78. The van der Waals surface area contributed by atoms with Gasteiger partial charge in [0.05, 0.1) is 0 Å². The monoisotopic (exact) mass is 332 g/mol. The van der Waals surface area contributed by atoms with Crippen molar-refractivity contribution in [2.45, 2.75) is 117 Å². The minimum absolute atomic E-state index is 1.07. The molecule has 24 heavy (non-hydrogen) atoms. The Bertz CT molecular complexity index is 338. The number of rotatable bonds is 6. The normalized spacial score (nSPS) is 41.2. The smallest absolute Gasteiger partial charge is 0.0383 e. The van der Waals surface area contributed by atoms with Crippen LogP contribution in [0.3, 0.4) is 0 Å². The summed E-state index contributed by atoms with van der Waals surface area (Å²) in [5, 5.41) is 0. The SMILES string of the molecule is CCC1CCC(CC2CCCCC2CC2CCCCC2CC)CC1. The average Bonchev–Trinajstić information content (AvgIpc) is 2.64. The quantitative estimate of drug-likeness (QED) is 0.462. The van der Waals surface area contributed by atoms with Gasteiger partial charge in [0.2, 0.25) is 0 Å². The van der Waals surface area contributed by atoms with Crippen LogP contribution in [0.5, 0.6) is 0 Å². The molecule has 0 bridgehead atoms. The third kappa shape index (κ3) is 5.01. The summed E-state index contributed by atoms with van der Waals surface area (Å²) in [5.74, 6) is 6.51. The first-order chi connectivity index (χ1) is 11.8. The van der Waals surface area contributed by atoms with Crippen molar-refractivity contribution >= 4 is 0 Å². The minimum Gasteiger partial charge on any atom is -0.0651 e. The molecule has 4 unspecified atom stereocenters. The highest BCUT2D eigenvalue weighted by atomic mass is 14.4. The highest BCUT2D eigenvalue weighted by Crippen LogP contribution is 2.45. The molecule has 140 valence electrons. The Balaban J connectivity index is 1.51. The van der Waals surface area contributed by atoms with Gasteiger partial charge in [0.15, 0.2) is 0 Å². The fraction of sp³-hybridized carbons (Fsp3) is 1.00. The molecule has 0 N–H and O–H groups in total. The van der Waals surface area contributed by atoms with Crippen molar-refractivity contribution < 1.29 is 0 Å². The minimum atomic E-state index is 1.07. The topological polar surface area (TPSA) is 0 Å². The molecule has 0 radical (unpaired) electrons. The molecule has 3 aliphatic rings. The molecule has 0 aromatic heterocycles. The second kappa shape index (κ2) is 9.63. The summed E-state index contributed by atoms with van der Waals surface area (Å²) in [6.07, 6.45) is 24.6. The van der Waals surface area contributed by atoms with E-state index in [1.165, 1.54) is 38.5 Å². The zero-order chi connectivity index (χ0) is 16.8. The molecular formula is C24H44. The van der Waals surface area contributed by atoms with E-state index in [-0.39, 0.29) is 0 Å². The molecule has 3 fully saturated rings. The zero-order valence-corrected chi connectivity index (χ0v) is 16.8. The second-order valence-corrected chi connectivity index (χ2v) is 9.78. The molecule has 0 nitrogen and oxygen atoms in total. The molecule has 0 heteroatoms. The van der Waals surface area contributed by atoms with Crippen molar-refractivity contribution in [3.8, 4) is 0 Å². The molecule has 0 spiro atoms. The van der Waals surface area contributed by atoms with Crippen LogP contribution >= 0.6 is 0 Å². The van der Waals surface area contributed by atoms with E-state index in [0.29, 0.717) is 0 Å². The molecular weight excluding hydrogens is 288 g/mol. The lowest BCUT2D eigenvalue weighted by atomic mass is 9.65. The van der Waals surface area contributed by atoms with Crippen LogP contribution in [0, 0.1) is 35.5 Å². The highest BCUT2D eigenvalue weighted by Gasteiger charge is 2.33. The lowest BCUT2D eigenvalue weighted by Crippen LogP contribution is -2.29. The van der Waals surface area contributed by atoms with Crippen LogP contribution in [0.4, 0.5) is 0 Å². The van der Waals surface area contributed by atoms with E-state index in [1.54, 1.807) is 64.2 Å². The predicted octanol–water partition coefficient (Wildman–Crippen LogP) is 8.01. The first-order valence-electron chi connectivity index (χ1n) is 11.8. The fourth-order valence-electron chi connectivity index (χ4n) is 6.73. The van der Waals surface area contributed by atoms with E-state index >= 15 is 0 Å². The van der Waals surface area contributed by atoms with Crippen LogP contribution in [-0.2, 0) is 0 Å². The Kier molecular flexibility index (Phi) is 7.54. The molecule has 0 heterocycles. The summed E-state index contributed by atoms with van der Waals surface area (Å²) in [6.45, 7) is 4.85. The molecule has 0 aromatic rings. The zero-order valence-electron chi connectivity index (χ0n) is 16.8. The molecule has 0 aromatic carbocycles. The average molecular weight is 333 g/mol. The van der Waals surface area contributed by atoms with Crippen molar-refractivity contribution in [3.05, 3.63) is 0 Å². The van der Waals surface area contributed by atoms with Gasteiger partial charge in [0.1, 0.15) is 0 Å². The molecule has 3 saturated carbocycles. The lowest BCUT2D eigenvalue weighted by Gasteiger charge is -2.40. The van der Waals surface area contributed by atoms with E-state index in [1.807, 2.05) is 0 Å². The van der Waals surface area contributed by atoms with E-state index in [9.17, 15) is 0 Å². The molecule has 4 atom stereocenters. The van der Waals surface area contributed by atoms with Crippen molar-refractivity contribution in [1.82, 2.24) is 0 Å². The van der Waals surface area contributed by atoms with E-state index < -0.39 is 0 Å². The van der Waals surface area contributed by atoms with Gasteiger partial charge < -0.3 is 0 Å². The number of hydrogen-bond donors (Lipinski definition) is 0. The largest absolute Gasteiger partial charge is 0.0651 e. The van der Waals surface area contributed by atoms with Gasteiger partial charge in [-0.3, -0.25) is 0 Å². The van der Waals surface area contributed by atoms with Crippen molar-refractivity contribution in [2.24, 2.45) is 35.5 Å². The number of hydrogen-bond acceptors (Lipinski definition) is 0. The Morgan fingerprint density at radius 1 is 0.458 bits per heavy atom. The maximum atomic E-state index is 2.45. The summed E-state index contributed by atoms with van der Waals surface area (Å²) >= 11 is 0. The van der Waals surface area contributed by atoms with E-state index in [4.69, 9.17) is 0 Å². The highest BCUT2D eigenvalue weighted by molar-refractivity contribution is 4.84. The van der Waals surface area contributed by atoms with Crippen molar-refractivity contribution in [1.29, 1.82) is 0 Å². The third-order valence-electron chi connectivity index (χ3n) is 8.44. The molecule has 3 aliphatic carbocycles. The van der Waals surface area contributed by atoms with Gasteiger partial charge in [-0.2, -0.15) is 0 Å². The molecule has 0 aliphatic heterocycles. The van der Waals surface area contributed by atoms with Gasteiger partial charge in [-0.25, -0.2) is 0 Å². The standard InChI is InChI=1S/C24H44/c1-3-19-13-15-20(16-14-19)17-22-10-7-8-12-24(22)18-23-11-6-5-9-21(23)4-2/h19-24H,3-18H2,1-2H3. The van der Waals surface area contributed by atoms with Gasteiger partial charge in [0, 0.05) is 0 Å². The predicted molar refractivity (Wildman–Crippen MR) is 106 cm³/mol. The molecule has 3 rings (SSSR count). The van der Waals surface area contributed by atoms with Crippen LogP contribution < -0.4 is 0 Å². The van der Waals surface area contributed by atoms with Crippen LogP contribution in [0.25, 0.3) is 0 Å². The van der Waals surface area contributed by atoms with Gasteiger partial charge in [-0.15, -0.1) is 0 Å². The Hall–Kier alpha value is 0. The Labute approximate surface area is 152 Å². The summed E-state index contributed by atoms with van der Waals surface area (Å²) in [4.78, 5) is 0. The van der Waals surface area contributed by atoms with Crippen LogP contribution in [0.2, 0.25) is 0 Å². The van der Waals surface area contributed by atoms with Gasteiger partial charge in [0.25, 0.3) is 0 Å². The summed E-state index contributed by atoms with van der Waals surface area (Å²) in [5.41, 5.74) is 0. The lowest BCUT2D eigenvalue weighted by molar-refractivity contribution is 0.111. The third-order valence-corrected chi connectivity index (χ3v) is 8.44. The first-order valence-corrected chi connectivity index (χ1v) is 11.8. The van der Waals surface area contributed by atoms with E-state index in [2.05, 4.69) is 13.8 Å². The molecule has 0 amide bonds. The van der Waals surface area contributed by atoms with Crippen LogP contribution in [-0.4, -0.2) is 0 Å². The van der Waals surface area contributed by atoms with Crippen molar-refractivity contribution in [2.75, 3.05) is 0 Å². The summed E-state index contributed by atoms with van der Waals surface area (Å²) in [6, 6.07) is 0. The maximum absolute atomic E-state index is 2.45. The van der Waals surface area contributed by atoms with E-state index in [0.717, 1.165) is 35.5 Å².